The molecular weight excluding hydrogens is 544 g/mol. The molecule has 0 bridgehead atoms. The van der Waals surface area contributed by atoms with E-state index in [0.717, 1.165) is 41.1 Å². The summed E-state index contributed by atoms with van der Waals surface area (Å²) >= 11 is 0. The van der Waals surface area contributed by atoms with Gasteiger partial charge in [-0.2, -0.15) is 0 Å². The van der Waals surface area contributed by atoms with Crippen LogP contribution in [0.5, 0.6) is 0 Å². The molecule has 0 aromatic heterocycles. The third-order valence-electron chi connectivity index (χ3n) is 6.74. The maximum absolute atomic E-state index is 15.8. The Hall–Kier alpha value is -4.26. The van der Waals surface area contributed by atoms with Crippen molar-refractivity contribution >= 4 is 17.4 Å². The van der Waals surface area contributed by atoms with E-state index in [4.69, 9.17) is 4.74 Å². The third-order valence-corrected chi connectivity index (χ3v) is 6.74. The molecule has 0 amide bonds. The van der Waals surface area contributed by atoms with Gasteiger partial charge in [0.15, 0.2) is 18.1 Å². The summed E-state index contributed by atoms with van der Waals surface area (Å²) in [5, 5.41) is 3.51. The van der Waals surface area contributed by atoms with Gasteiger partial charge >= 0.3 is 0 Å². The van der Waals surface area contributed by atoms with Crippen LogP contribution in [0.25, 0.3) is 0 Å². The van der Waals surface area contributed by atoms with E-state index < -0.39 is 18.1 Å². The van der Waals surface area contributed by atoms with Crippen LogP contribution < -0.4 is 5.32 Å². The number of nitrogens with zero attached hydrogens (tertiary/aromatic N) is 2. The molecule has 1 aliphatic rings. The average molecular weight is 590 g/mol. The van der Waals surface area contributed by atoms with Gasteiger partial charge in [0, 0.05) is 35.6 Å². The van der Waals surface area contributed by atoms with Crippen molar-refractivity contribution < 1.29 is 18.3 Å². The first-order valence-corrected chi connectivity index (χ1v) is 14.8. The molecule has 0 fully saturated rings. The van der Waals surface area contributed by atoms with E-state index in [1.165, 1.54) is 12.3 Å². The molecule has 7 heteroatoms. The van der Waals surface area contributed by atoms with Gasteiger partial charge in [-0.25, -0.2) is 13.8 Å². The number of ketones is 1. The summed E-state index contributed by atoms with van der Waals surface area (Å²) in [5.74, 6) is -0.677. The van der Waals surface area contributed by atoms with Gasteiger partial charge in [0.1, 0.15) is 5.83 Å². The number of hydrogen-bond acceptors (Lipinski definition) is 5. The van der Waals surface area contributed by atoms with Gasteiger partial charge in [0.2, 0.25) is 5.90 Å². The Morgan fingerprint density at radius 2 is 1.88 bits per heavy atom. The van der Waals surface area contributed by atoms with Crippen molar-refractivity contribution in [1.29, 1.82) is 0 Å². The number of aliphatic imine (C=N–C) groups is 1. The molecule has 5 nitrogen and oxygen atoms in total. The second-order valence-electron chi connectivity index (χ2n) is 9.61. The first-order valence-electron chi connectivity index (χ1n) is 14.8. The molecule has 0 heterocycles. The molecular formula is C36H45F2N3O2. The fraction of sp³-hybridized carbons (Fsp3) is 0.333. The Balaban J connectivity index is 2.51. The fourth-order valence-electron chi connectivity index (χ4n) is 4.75. The molecule has 2 unspecified atom stereocenters. The van der Waals surface area contributed by atoms with Crippen LogP contribution in [-0.2, 0) is 11.2 Å². The maximum Gasteiger partial charge on any atom is 0.213 e. The van der Waals surface area contributed by atoms with E-state index in [2.05, 4.69) is 16.9 Å². The van der Waals surface area contributed by atoms with Gasteiger partial charge in [-0.15, -0.1) is 0 Å². The van der Waals surface area contributed by atoms with E-state index in [9.17, 15) is 4.79 Å². The number of anilines is 1. The lowest BCUT2D eigenvalue weighted by atomic mass is 9.97. The van der Waals surface area contributed by atoms with Crippen molar-refractivity contribution in [2.24, 2.45) is 4.99 Å². The highest BCUT2D eigenvalue weighted by molar-refractivity contribution is 5.97. The minimum absolute atomic E-state index is 0.111. The van der Waals surface area contributed by atoms with Gasteiger partial charge in [-0.1, -0.05) is 63.8 Å². The van der Waals surface area contributed by atoms with Crippen LogP contribution >= 0.6 is 0 Å². The number of allylic oxidation sites excluding steroid dienone is 6. The largest absolute Gasteiger partial charge is 0.466 e. The summed E-state index contributed by atoms with van der Waals surface area (Å²) < 4.78 is 36.9. The topological polar surface area (TPSA) is 53.9 Å². The predicted octanol–water partition coefficient (Wildman–Crippen LogP) is 9.83. The highest BCUT2D eigenvalue weighted by atomic mass is 19.2. The van der Waals surface area contributed by atoms with Gasteiger partial charge in [-0.3, -0.25) is 4.79 Å². The van der Waals surface area contributed by atoms with E-state index >= 15 is 8.78 Å². The van der Waals surface area contributed by atoms with Crippen LogP contribution in [0, 0.1) is 0 Å². The summed E-state index contributed by atoms with van der Waals surface area (Å²) in [7, 11) is 0. The number of rotatable bonds is 14. The first kappa shape index (κ1) is 34.9. The van der Waals surface area contributed by atoms with Crippen molar-refractivity contribution in [1.82, 2.24) is 4.90 Å². The molecule has 0 radical (unpaired) electrons. The molecule has 2 rings (SSSR count). The summed E-state index contributed by atoms with van der Waals surface area (Å²) in [6.45, 7) is 16.8. The zero-order valence-electron chi connectivity index (χ0n) is 26.5. The molecule has 1 aromatic carbocycles. The van der Waals surface area contributed by atoms with Crippen LogP contribution in [0.1, 0.15) is 77.2 Å². The monoisotopic (exact) mass is 589 g/mol. The minimum atomic E-state index is -2.03. The van der Waals surface area contributed by atoms with Gasteiger partial charge in [0.05, 0.1) is 17.1 Å². The van der Waals surface area contributed by atoms with Crippen LogP contribution in [0.15, 0.2) is 119 Å². The molecule has 0 saturated carbocycles. The Morgan fingerprint density at radius 1 is 1.14 bits per heavy atom. The molecule has 0 aliphatic heterocycles. The lowest BCUT2D eigenvalue weighted by molar-refractivity contribution is 0.0987. The zero-order chi connectivity index (χ0) is 31.9. The Kier molecular flexibility index (Phi) is 14.3. The number of hydrogen-bond donors (Lipinski definition) is 1. The van der Waals surface area contributed by atoms with Gasteiger partial charge < -0.3 is 15.0 Å². The van der Waals surface area contributed by atoms with Crippen LogP contribution in [0.2, 0.25) is 0 Å². The quantitative estimate of drug-likeness (QED) is 0.102. The molecule has 1 aromatic rings. The number of halogens is 2. The second kappa shape index (κ2) is 17.6. The van der Waals surface area contributed by atoms with E-state index in [-0.39, 0.29) is 17.3 Å². The number of nitrogens with one attached hydrogen (secondary N) is 1. The summed E-state index contributed by atoms with van der Waals surface area (Å²) in [5.41, 5.74) is 4.65. The first-order chi connectivity index (χ1) is 20.7. The maximum atomic E-state index is 15.8. The number of benzene rings is 1. The van der Waals surface area contributed by atoms with Gasteiger partial charge in [-0.05, 0) is 76.5 Å². The van der Waals surface area contributed by atoms with Crippen LogP contribution in [0.3, 0.4) is 0 Å². The van der Waals surface area contributed by atoms with Crippen LogP contribution in [-0.4, -0.2) is 28.9 Å². The SMILES string of the molecule is C=C/N=C(\C=C/C)OC1C=CC(/C(=C/C)N(/C=C\C)C(=C/C)/C(=C/CC)Nc2ccc(C(=O)CC)c(CC)c2)=C(F)C1F. The van der Waals surface area contributed by atoms with Crippen molar-refractivity contribution in [3.8, 4) is 0 Å². The third kappa shape index (κ3) is 8.87. The number of carbonyl (C=O) groups excluding carboxylic acids is 1. The predicted molar refractivity (Wildman–Crippen MR) is 176 cm³/mol. The molecule has 2 atom stereocenters. The molecule has 43 heavy (non-hydrogen) atoms. The standard InChI is InChI=1S/C36H45F2N3O2/c1-9-17-29(40-26-19-20-27(32(42)15-7)25(12-4)24-26)31(14-6)41(23-11-3)30(13-5)28-21-22-33(36(38)35(28)37)43-34(18-10-2)39-16-8/h10-11,13-14,16-24,33,36,40H,8-9,12,15H2,1-7H3/b18-10-,23-11-,29-17-,30-13-,31-14+,39-34+. The van der Waals surface area contributed by atoms with E-state index in [0.29, 0.717) is 12.1 Å². The molecule has 0 saturated heterocycles. The smallest absolute Gasteiger partial charge is 0.213 e. The number of aryl methyl sites for hydroxylation is 1. The average Bonchev–Trinajstić information content (AvgIpc) is 3.01. The zero-order valence-corrected chi connectivity index (χ0v) is 26.5. The van der Waals surface area contributed by atoms with Gasteiger partial charge in [0.25, 0.3) is 0 Å². The second-order valence-corrected chi connectivity index (χ2v) is 9.61. The number of ether oxygens (including phenoxy) is 1. The molecule has 1 aliphatic carbocycles. The van der Waals surface area contributed by atoms with Crippen molar-refractivity contribution in [3.63, 3.8) is 0 Å². The summed E-state index contributed by atoms with van der Waals surface area (Å²) in [6.07, 6.45) is 15.7. The lowest BCUT2D eigenvalue weighted by Crippen LogP contribution is -2.31. The highest BCUT2D eigenvalue weighted by Gasteiger charge is 2.33. The van der Waals surface area contributed by atoms with Crippen molar-refractivity contribution in [3.05, 3.63) is 125 Å². The van der Waals surface area contributed by atoms with Crippen LogP contribution in [0.4, 0.5) is 14.5 Å². The highest BCUT2D eigenvalue weighted by Crippen LogP contribution is 2.35. The Labute approximate surface area is 256 Å². The summed E-state index contributed by atoms with van der Waals surface area (Å²) in [4.78, 5) is 18.3. The number of Topliss-reactive ketones (excluding diaryl/α,β-unsaturated/α-hetero) is 1. The fourth-order valence-corrected chi connectivity index (χ4v) is 4.75. The van der Waals surface area contributed by atoms with Crippen molar-refractivity contribution in [2.75, 3.05) is 5.32 Å². The minimum Gasteiger partial charge on any atom is -0.466 e. The molecule has 0 spiro atoms. The lowest BCUT2D eigenvalue weighted by Gasteiger charge is -2.31. The normalized spacial score (nSPS) is 18.5. The number of alkyl halides is 1. The summed E-state index contributed by atoms with van der Waals surface area (Å²) in [6, 6.07) is 5.75. The molecule has 230 valence electrons. The Bertz CT molecular complexity index is 1390. The van der Waals surface area contributed by atoms with E-state index in [1.807, 2.05) is 82.1 Å². The Morgan fingerprint density at radius 3 is 2.44 bits per heavy atom. The number of carbonyl (C=O) groups is 1. The van der Waals surface area contributed by atoms with E-state index in [1.54, 1.807) is 38.2 Å². The van der Waals surface area contributed by atoms with Crippen molar-refractivity contribution in [2.45, 2.75) is 80.0 Å². The molecule has 1 N–H and O–H groups in total.